The molecule has 2 aliphatic heterocycles. The predicted molar refractivity (Wildman–Crippen MR) is 101 cm³/mol. The molecule has 1 spiro atoms. The molecule has 28 heavy (non-hydrogen) atoms. The first-order valence-corrected chi connectivity index (χ1v) is 9.64. The number of carbonyl (C=O) groups is 1. The molecule has 1 fully saturated rings. The van der Waals surface area contributed by atoms with Gasteiger partial charge in [-0.1, -0.05) is 18.9 Å². The van der Waals surface area contributed by atoms with Gasteiger partial charge in [0.25, 0.3) is 0 Å². The molecular weight excluding hydrogens is 358 g/mol. The number of fused-ring (bicyclic) bond motifs is 2. The van der Waals surface area contributed by atoms with Crippen molar-refractivity contribution in [2.75, 3.05) is 18.1 Å². The van der Waals surface area contributed by atoms with Crippen LogP contribution in [-0.4, -0.2) is 44.2 Å². The van der Waals surface area contributed by atoms with Gasteiger partial charge in [0.2, 0.25) is 5.91 Å². The fourth-order valence-corrected chi connectivity index (χ4v) is 4.45. The van der Waals surface area contributed by atoms with E-state index in [0.717, 1.165) is 43.2 Å². The number of aromatic nitrogens is 4. The lowest BCUT2D eigenvalue weighted by Crippen LogP contribution is -2.36. The summed E-state index contributed by atoms with van der Waals surface area (Å²) in [5, 5.41) is 9.46. The van der Waals surface area contributed by atoms with Crippen molar-refractivity contribution in [3.63, 3.8) is 0 Å². The third kappa shape index (κ3) is 2.56. The molecule has 0 unspecified atom stereocenters. The minimum atomic E-state index is -0.564. The zero-order valence-corrected chi connectivity index (χ0v) is 15.5. The number of amides is 1. The molecule has 3 aliphatic rings. The summed E-state index contributed by atoms with van der Waals surface area (Å²) >= 11 is 0. The Morgan fingerprint density at radius 1 is 1.14 bits per heavy atom. The van der Waals surface area contributed by atoms with Crippen LogP contribution in [0.2, 0.25) is 0 Å². The van der Waals surface area contributed by atoms with Crippen molar-refractivity contribution in [3.05, 3.63) is 41.9 Å². The van der Waals surface area contributed by atoms with Crippen LogP contribution in [0.3, 0.4) is 0 Å². The Morgan fingerprint density at radius 3 is 2.61 bits per heavy atom. The summed E-state index contributed by atoms with van der Waals surface area (Å²) < 4.78 is 5.34. The molecule has 1 N–H and O–H groups in total. The standard InChI is InChI=1S/C20H21N5O3/c26-12-16-21-11-15-18(24-16)25(19(27)20(15)5-1-2-6-20)14-9-22-17(23-10-14)13-3-7-28-8-4-13/h3,9-11,26H,1-2,4-8,12H2. The van der Waals surface area contributed by atoms with Gasteiger partial charge in [-0.15, -0.1) is 0 Å². The van der Waals surface area contributed by atoms with Gasteiger partial charge in [-0.3, -0.25) is 9.69 Å². The predicted octanol–water partition coefficient (Wildman–Crippen LogP) is 2.05. The Labute approximate surface area is 162 Å². The van der Waals surface area contributed by atoms with E-state index in [1.54, 1.807) is 23.5 Å². The highest BCUT2D eigenvalue weighted by Gasteiger charge is 2.54. The summed E-state index contributed by atoms with van der Waals surface area (Å²) in [6.45, 7) is 0.966. The Kier molecular flexibility index (Phi) is 4.17. The second-order valence-corrected chi connectivity index (χ2v) is 7.43. The Bertz CT molecular complexity index is 951. The monoisotopic (exact) mass is 379 g/mol. The van der Waals surface area contributed by atoms with Crippen LogP contribution in [0, 0.1) is 0 Å². The van der Waals surface area contributed by atoms with Gasteiger partial charge in [0, 0.05) is 11.8 Å². The second kappa shape index (κ2) is 6.72. The van der Waals surface area contributed by atoms with E-state index in [9.17, 15) is 9.90 Å². The van der Waals surface area contributed by atoms with Crippen LogP contribution >= 0.6 is 0 Å². The quantitative estimate of drug-likeness (QED) is 0.871. The molecule has 0 radical (unpaired) electrons. The average Bonchev–Trinajstić information content (AvgIpc) is 3.34. The number of anilines is 2. The molecule has 0 atom stereocenters. The third-order valence-corrected chi connectivity index (χ3v) is 5.90. The van der Waals surface area contributed by atoms with Crippen molar-refractivity contribution in [1.29, 1.82) is 0 Å². The first-order valence-electron chi connectivity index (χ1n) is 9.64. The molecule has 0 aromatic carbocycles. The number of ether oxygens (including phenoxy) is 1. The van der Waals surface area contributed by atoms with E-state index in [2.05, 4.69) is 19.9 Å². The van der Waals surface area contributed by atoms with Crippen LogP contribution in [0.5, 0.6) is 0 Å². The van der Waals surface area contributed by atoms with E-state index in [-0.39, 0.29) is 12.5 Å². The lowest BCUT2D eigenvalue weighted by atomic mass is 9.81. The minimum absolute atomic E-state index is 0.00558. The molecule has 2 aromatic heterocycles. The fourth-order valence-electron chi connectivity index (χ4n) is 4.45. The molecule has 8 heteroatoms. The maximum absolute atomic E-state index is 13.5. The van der Waals surface area contributed by atoms with E-state index in [0.29, 0.717) is 36.4 Å². The van der Waals surface area contributed by atoms with Gasteiger partial charge >= 0.3 is 0 Å². The maximum Gasteiger partial charge on any atom is 0.243 e. The number of rotatable bonds is 3. The first kappa shape index (κ1) is 17.4. The molecule has 4 heterocycles. The SMILES string of the molecule is O=C1N(c2cnc(C3=CCOCC3)nc2)c2nc(CO)ncc2C12CCCC2. The maximum atomic E-state index is 13.5. The van der Waals surface area contributed by atoms with Crippen molar-refractivity contribution < 1.29 is 14.6 Å². The van der Waals surface area contributed by atoms with Crippen LogP contribution < -0.4 is 4.90 Å². The van der Waals surface area contributed by atoms with Crippen molar-refractivity contribution in [2.24, 2.45) is 0 Å². The van der Waals surface area contributed by atoms with E-state index in [1.165, 1.54) is 0 Å². The number of carbonyl (C=O) groups excluding carboxylic acids is 1. The normalized spacial score (nSPS) is 20.5. The van der Waals surface area contributed by atoms with E-state index < -0.39 is 5.41 Å². The topological polar surface area (TPSA) is 101 Å². The van der Waals surface area contributed by atoms with Crippen LogP contribution in [0.4, 0.5) is 11.5 Å². The van der Waals surface area contributed by atoms with Crippen molar-refractivity contribution in [2.45, 2.75) is 44.1 Å². The van der Waals surface area contributed by atoms with Gasteiger partial charge in [-0.05, 0) is 24.8 Å². The Morgan fingerprint density at radius 2 is 1.93 bits per heavy atom. The number of hydrogen-bond acceptors (Lipinski definition) is 7. The van der Waals surface area contributed by atoms with Crippen LogP contribution in [0.15, 0.2) is 24.7 Å². The summed E-state index contributed by atoms with van der Waals surface area (Å²) in [6, 6.07) is 0. The van der Waals surface area contributed by atoms with Crippen molar-refractivity contribution in [1.82, 2.24) is 19.9 Å². The summed E-state index contributed by atoms with van der Waals surface area (Å²) in [7, 11) is 0. The second-order valence-electron chi connectivity index (χ2n) is 7.43. The van der Waals surface area contributed by atoms with Gasteiger partial charge in [0.05, 0.1) is 36.7 Å². The zero-order valence-electron chi connectivity index (χ0n) is 15.5. The molecule has 1 amide bonds. The lowest BCUT2D eigenvalue weighted by Gasteiger charge is -2.22. The smallest absolute Gasteiger partial charge is 0.243 e. The molecule has 1 saturated carbocycles. The molecule has 0 saturated heterocycles. The highest BCUT2D eigenvalue weighted by molar-refractivity contribution is 6.12. The molecule has 8 nitrogen and oxygen atoms in total. The molecular formula is C20H21N5O3. The van der Waals surface area contributed by atoms with Gasteiger partial charge in [0.15, 0.2) is 11.6 Å². The van der Waals surface area contributed by atoms with Crippen LogP contribution in [0.25, 0.3) is 5.57 Å². The number of nitrogens with zero attached hydrogens (tertiary/aromatic N) is 5. The largest absolute Gasteiger partial charge is 0.388 e. The number of aliphatic hydroxyl groups excluding tert-OH is 1. The first-order chi connectivity index (χ1) is 13.7. The molecule has 2 aromatic rings. The van der Waals surface area contributed by atoms with Crippen LogP contribution in [-0.2, 0) is 21.6 Å². The Balaban J connectivity index is 1.56. The summed E-state index contributed by atoms with van der Waals surface area (Å²) in [5.41, 5.74) is 1.94. The van der Waals surface area contributed by atoms with E-state index in [4.69, 9.17) is 4.74 Å². The van der Waals surface area contributed by atoms with Crippen LogP contribution in [0.1, 0.15) is 49.3 Å². The van der Waals surface area contributed by atoms with Gasteiger partial charge in [-0.2, -0.15) is 0 Å². The summed E-state index contributed by atoms with van der Waals surface area (Å²) in [6.07, 6.45) is 11.4. The highest BCUT2D eigenvalue weighted by Crippen LogP contribution is 2.52. The lowest BCUT2D eigenvalue weighted by molar-refractivity contribution is -0.122. The van der Waals surface area contributed by atoms with Crippen molar-refractivity contribution >= 4 is 23.0 Å². The van der Waals surface area contributed by atoms with E-state index >= 15 is 0 Å². The molecule has 5 rings (SSSR count). The third-order valence-electron chi connectivity index (χ3n) is 5.90. The zero-order chi connectivity index (χ0) is 19.1. The number of aliphatic hydroxyl groups is 1. The van der Waals surface area contributed by atoms with Gasteiger partial charge in [-0.25, -0.2) is 19.9 Å². The average molecular weight is 379 g/mol. The van der Waals surface area contributed by atoms with Gasteiger partial charge < -0.3 is 9.84 Å². The Hall–Kier alpha value is -2.71. The van der Waals surface area contributed by atoms with Crippen molar-refractivity contribution in [3.8, 4) is 0 Å². The minimum Gasteiger partial charge on any atom is -0.388 e. The molecule has 144 valence electrons. The fraction of sp³-hybridized carbons (Fsp3) is 0.450. The molecule has 0 bridgehead atoms. The van der Waals surface area contributed by atoms with Gasteiger partial charge in [0.1, 0.15) is 12.4 Å². The molecule has 1 aliphatic carbocycles. The highest BCUT2D eigenvalue weighted by atomic mass is 16.5. The summed E-state index contributed by atoms with van der Waals surface area (Å²) in [5.74, 6) is 1.52. The summed E-state index contributed by atoms with van der Waals surface area (Å²) in [4.78, 5) is 32.8. The van der Waals surface area contributed by atoms with E-state index in [1.807, 2.05) is 6.08 Å². The number of hydrogen-bond donors (Lipinski definition) is 1.